The lowest BCUT2D eigenvalue weighted by atomic mass is 10.1. The zero-order valence-corrected chi connectivity index (χ0v) is 17.1. The van der Waals surface area contributed by atoms with Crippen LogP contribution in [0.1, 0.15) is 34.6 Å². The van der Waals surface area contributed by atoms with Gasteiger partial charge in [-0.3, -0.25) is 0 Å². The first kappa shape index (κ1) is 21.4. The predicted octanol–water partition coefficient (Wildman–Crippen LogP) is 3.28. The van der Waals surface area contributed by atoms with Gasteiger partial charge in [0.1, 0.15) is 18.8 Å². The zero-order chi connectivity index (χ0) is 22.0. The number of hydrogen-bond donors (Lipinski definition) is 0. The van der Waals surface area contributed by atoms with E-state index >= 15 is 4.39 Å². The third-order valence-corrected chi connectivity index (χ3v) is 5.03. The van der Waals surface area contributed by atoms with E-state index in [1.807, 2.05) is 0 Å². The molecule has 8 heteroatoms. The molecule has 31 heavy (non-hydrogen) atoms. The number of hydrogen-bond acceptors (Lipinski definition) is 7. The van der Waals surface area contributed by atoms with E-state index in [2.05, 4.69) is 0 Å². The number of carbonyl (C=O) groups is 2. The van der Waals surface area contributed by atoms with Crippen LogP contribution in [-0.2, 0) is 23.7 Å². The highest BCUT2D eigenvalue weighted by atomic mass is 19.1. The summed E-state index contributed by atoms with van der Waals surface area (Å²) in [5, 5.41) is 0. The Morgan fingerprint density at radius 1 is 0.968 bits per heavy atom. The molecule has 0 amide bonds. The van der Waals surface area contributed by atoms with Crippen molar-refractivity contribution in [3.05, 3.63) is 71.8 Å². The Kier molecular flexibility index (Phi) is 6.04. The van der Waals surface area contributed by atoms with Gasteiger partial charge in [-0.05, 0) is 38.1 Å². The van der Waals surface area contributed by atoms with E-state index in [9.17, 15) is 9.59 Å². The molecule has 2 heterocycles. The summed E-state index contributed by atoms with van der Waals surface area (Å²) in [5.74, 6) is -2.29. The molecule has 0 radical (unpaired) electrons. The van der Waals surface area contributed by atoms with Gasteiger partial charge in [0.05, 0.1) is 11.1 Å². The van der Waals surface area contributed by atoms with Crippen molar-refractivity contribution < 1.29 is 37.7 Å². The molecule has 2 aromatic carbocycles. The van der Waals surface area contributed by atoms with Gasteiger partial charge < -0.3 is 23.7 Å². The number of benzene rings is 2. The average molecular weight is 430 g/mol. The van der Waals surface area contributed by atoms with E-state index in [0.29, 0.717) is 5.56 Å². The van der Waals surface area contributed by atoms with Crippen molar-refractivity contribution in [2.45, 2.75) is 50.4 Å². The fourth-order valence-corrected chi connectivity index (χ4v) is 3.58. The van der Waals surface area contributed by atoms with Gasteiger partial charge >= 0.3 is 11.9 Å². The monoisotopic (exact) mass is 430 g/mol. The number of rotatable bonds is 6. The van der Waals surface area contributed by atoms with Crippen LogP contribution in [0.2, 0.25) is 0 Å². The summed E-state index contributed by atoms with van der Waals surface area (Å²) in [5.41, 5.74) is 0.606. The summed E-state index contributed by atoms with van der Waals surface area (Å²) >= 11 is 0. The van der Waals surface area contributed by atoms with E-state index in [-0.39, 0.29) is 12.2 Å². The maximum absolute atomic E-state index is 15.2. The Hall–Kier alpha value is -2.81. The molecule has 0 N–H and O–H groups in total. The van der Waals surface area contributed by atoms with Gasteiger partial charge in [0, 0.05) is 0 Å². The lowest BCUT2D eigenvalue weighted by molar-refractivity contribution is -0.222. The molecule has 0 aromatic heterocycles. The minimum Gasteiger partial charge on any atom is -0.458 e. The molecule has 0 saturated carbocycles. The van der Waals surface area contributed by atoms with Gasteiger partial charge in [0.2, 0.25) is 0 Å². The van der Waals surface area contributed by atoms with Crippen LogP contribution >= 0.6 is 0 Å². The van der Waals surface area contributed by atoms with Crippen molar-refractivity contribution in [2.24, 2.45) is 0 Å². The molecular weight excluding hydrogens is 407 g/mol. The molecule has 0 bridgehead atoms. The summed E-state index contributed by atoms with van der Waals surface area (Å²) in [6.45, 7) is 2.93. The second kappa shape index (κ2) is 8.74. The number of fused-ring (bicyclic) bond motifs is 1. The maximum atomic E-state index is 15.2. The molecule has 2 aliphatic heterocycles. The van der Waals surface area contributed by atoms with Crippen molar-refractivity contribution in [3.63, 3.8) is 0 Å². The first-order chi connectivity index (χ1) is 14.8. The third kappa shape index (κ3) is 4.76. The minimum atomic E-state index is -1.64. The highest BCUT2D eigenvalue weighted by Gasteiger charge is 2.58. The summed E-state index contributed by atoms with van der Waals surface area (Å²) in [6, 6.07) is 16.6. The van der Waals surface area contributed by atoms with E-state index in [0.717, 1.165) is 0 Å². The van der Waals surface area contributed by atoms with Gasteiger partial charge in [-0.15, -0.1) is 0 Å². The van der Waals surface area contributed by atoms with Crippen LogP contribution in [0, 0.1) is 0 Å². The molecule has 0 spiro atoms. The Bertz CT molecular complexity index is 918. The lowest BCUT2D eigenvalue weighted by Gasteiger charge is -2.27. The largest absolute Gasteiger partial charge is 0.458 e. The molecule has 4 rings (SSSR count). The van der Waals surface area contributed by atoms with Gasteiger partial charge in [-0.1, -0.05) is 36.4 Å². The van der Waals surface area contributed by atoms with E-state index in [1.54, 1.807) is 74.5 Å². The first-order valence-electron chi connectivity index (χ1n) is 9.97. The van der Waals surface area contributed by atoms with Crippen LogP contribution in [0.3, 0.4) is 0 Å². The minimum absolute atomic E-state index is 0.282. The molecule has 7 nitrogen and oxygen atoms in total. The standard InChI is InChI=1S/C23H23FO7/c1-23(2)30-19-17(24)18(29-22(19)31-23)16(28-21(26)15-11-7-4-8-12-15)13-27-20(25)14-9-5-3-6-10-14/h3-12,16-19,22H,13H2,1-2H3/t16-,17+,18+,19-,22-/m1/s1. The van der Waals surface area contributed by atoms with Gasteiger partial charge in [-0.25, -0.2) is 14.0 Å². The molecule has 5 atom stereocenters. The summed E-state index contributed by atoms with van der Waals surface area (Å²) < 4.78 is 42.8. The Morgan fingerprint density at radius 3 is 2.13 bits per heavy atom. The average Bonchev–Trinajstić information content (AvgIpc) is 3.24. The molecule has 2 aliphatic rings. The topological polar surface area (TPSA) is 80.3 Å². The smallest absolute Gasteiger partial charge is 0.338 e. The van der Waals surface area contributed by atoms with Crippen LogP contribution in [-0.4, -0.2) is 55.1 Å². The number of alkyl halides is 1. The second-order valence-corrected chi connectivity index (χ2v) is 7.79. The summed E-state index contributed by atoms with van der Waals surface area (Å²) in [6.07, 6.45) is -5.98. The Labute approximate surface area is 179 Å². The van der Waals surface area contributed by atoms with Crippen LogP contribution < -0.4 is 0 Å². The van der Waals surface area contributed by atoms with Crippen molar-refractivity contribution in [1.82, 2.24) is 0 Å². The lowest BCUT2D eigenvalue weighted by Crippen LogP contribution is -2.43. The van der Waals surface area contributed by atoms with Crippen LogP contribution in [0.25, 0.3) is 0 Å². The molecule has 2 fully saturated rings. The first-order valence-corrected chi connectivity index (χ1v) is 9.97. The molecule has 164 valence electrons. The Morgan fingerprint density at radius 2 is 1.55 bits per heavy atom. The quantitative estimate of drug-likeness (QED) is 0.651. The van der Waals surface area contributed by atoms with Crippen LogP contribution in [0.5, 0.6) is 0 Å². The SMILES string of the molecule is CC1(C)O[C@H]2O[C@@H]([C@@H](COC(=O)c3ccccc3)OC(=O)c3ccccc3)[C@H](F)[C@H]2O1. The molecule has 2 aromatic rings. The third-order valence-electron chi connectivity index (χ3n) is 5.03. The van der Waals surface area contributed by atoms with E-state index in [4.69, 9.17) is 23.7 Å². The van der Waals surface area contributed by atoms with Gasteiger partial charge in [0.15, 0.2) is 24.4 Å². The molecule has 0 aliphatic carbocycles. The summed E-state index contributed by atoms with van der Waals surface area (Å²) in [7, 11) is 0. The maximum Gasteiger partial charge on any atom is 0.338 e. The molecule has 2 saturated heterocycles. The number of esters is 2. The second-order valence-electron chi connectivity index (χ2n) is 7.79. The number of carbonyl (C=O) groups excluding carboxylic acids is 2. The fourth-order valence-electron chi connectivity index (χ4n) is 3.58. The zero-order valence-electron chi connectivity index (χ0n) is 17.1. The Balaban J connectivity index is 1.49. The van der Waals surface area contributed by atoms with Gasteiger partial charge in [-0.2, -0.15) is 0 Å². The molecule has 0 unspecified atom stereocenters. The van der Waals surface area contributed by atoms with Crippen molar-refractivity contribution in [1.29, 1.82) is 0 Å². The van der Waals surface area contributed by atoms with E-state index < -0.39 is 48.5 Å². The van der Waals surface area contributed by atoms with Crippen molar-refractivity contribution in [3.8, 4) is 0 Å². The summed E-state index contributed by atoms with van der Waals surface area (Å²) in [4.78, 5) is 24.9. The highest BCUT2D eigenvalue weighted by molar-refractivity contribution is 5.90. The predicted molar refractivity (Wildman–Crippen MR) is 106 cm³/mol. The molecular formula is C23H23FO7. The highest BCUT2D eigenvalue weighted by Crippen LogP contribution is 2.40. The van der Waals surface area contributed by atoms with Crippen molar-refractivity contribution in [2.75, 3.05) is 6.61 Å². The fraction of sp³-hybridized carbons (Fsp3) is 0.391. The van der Waals surface area contributed by atoms with Crippen molar-refractivity contribution >= 4 is 11.9 Å². The van der Waals surface area contributed by atoms with Gasteiger partial charge in [0.25, 0.3) is 0 Å². The number of ether oxygens (including phenoxy) is 5. The van der Waals surface area contributed by atoms with E-state index in [1.165, 1.54) is 0 Å². The van der Waals surface area contributed by atoms with Crippen LogP contribution in [0.15, 0.2) is 60.7 Å². The normalized spacial score (nSPS) is 27.3. The number of halogens is 1. The van der Waals surface area contributed by atoms with Crippen LogP contribution in [0.4, 0.5) is 4.39 Å².